The minimum Gasteiger partial charge on any atom is -0.493 e. The Morgan fingerprint density at radius 2 is 1.83 bits per heavy atom. The van der Waals surface area contributed by atoms with Crippen LogP contribution in [0.2, 0.25) is 0 Å². The highest BCUT2D eigenvalue weighted by molar-refractivity contribution is 7.80. The molecule has 0 aliphatic heterocycles. The third-order valence-corrected chi connectivity index (χ3v) is 5.45. The van der Waals surface area contributed by atoms with Crippen molar-refractivity contribution in [3.8, 4) is 11.5 Å². The molecular weight excluding hydrogens is 320 g/mol. The van der Waals surface area contributed by atoms with Gasteiger partial charge in [-0.2, -0.15) is 0 Å². The monoisotopic (exact) mass is 350 g/mol. The summed E-state index contributed by atoms with van der Waals surface area (Å²) in [7, 11) is 5.36. The number of thiocarbonyl (C=S) groups is 1. The first-order chi connectivity index (χ1) is 11.5. The first-order valence-corrected chi connectivity index (χ1v) is 9.10. The van der Waals surface area contributed by atoms with Crippen LogP contribution < -0.4 is 14.8 Å². The standard InChI is InChI=1S/C19H30N2O2S/c1-13-8-6-7-9-16(13)20-19(24)21(3)12-15-11-18(23-5)17(22-4)10-14(15)2/h10-11,13,16H,6-9,12H2,1-5H3,(H,20,24)/t13-,16+/m0/s1. The van der Waals surface area contributed by atoms with E-state index in [1.54, 1.807) is 14.2 Å². The molecule has 0 amide bonds. The lowest BCUT2D eigenvalue weighted by Gasteiger charge is -2.33. The smallest absolute Gasteiger partial charge is 0.169 e. The van der Waals surface area contributed by atoms with E-state index >= 15 is 0 Å². The van der Waals surface area contributed by atoms with Crippen LogP contribution in [0, 0.1) is 12.8 Å². The van der Waals surface area contributed by atoms with Crippen LogP contribution in [0.3, 0.4) is 0 Å². The highest BCUT2D eigenvalue weighted by atomic mass is 32.1. The molecule has 1 aromatic carbocycles. The number of ether oxygens (including phenoxy) is 2. The molecule has 1 aliphatic rings. The van der Waals surface area contributed by atoms with Crippen molar-refractivity contribution in [1.82, 2.24) is 10.2 Å². The number of aryl methyl sites for hydroxylation is 1. The van der Waals surface area contributed by atoms with Crippen molar-refractivity contribution in [3.05, 3.63) is 23.3 Å². The maximum atomic E-state index is 5.62. The lowest BCUT2D eigenvalue weighted by molar-refractivity contribution is 0.300. The van der Waals surface area contributed by atoms with Gasteiger partial charge in [0.2, 0.25) is 0 Å². The van der Waals surface area contributed by atoms with Crippen LogP contribution in [0.4, 0.5) is 0 Å². The summed E-state index contributed by atoms with van der Waals surface area (Å²) in [5.74, 6) is 2.21. The van der Waals surface area contributed by atoms with E-state index in [4.69, 9.17) is 21.7 Å². The first kappa shape index (κ1) is 18.8. The van der Waals surface area contributed by atoms with Gasteiger partial charge in [-0.1, -0.05) is 19.8 Å². The van der Waals surface area contributed by atoms with Crippen LogP contribution in [-0.4, -0.2) is 37.3 Å². The molecular formula is C19H30N2O2S. The number of methoxy groups -OCH3 is 2. The summed E-state index contributed by atoms with van der Waals surface area (Å²) in [6.07, 6.45) is 5.14. The molecule has 4 nitrogen and oxygen atoms in total. The normalized spacial score (nSPS) is 20.4. The fourth-order valence-corrected chi connectivity index (χ4v) is 3.54. The second-order valence-electron chi connectivity index (χ2n) is 6.81. The average Bonchev–Trinajstić information content (AvgIpc) is 2.58. The fraction of sp³-hybridized carbons (Fsp3) is 0.632. The van der Waals surface area contributed by atoms with Crippen LogP contribution in [0.25, 0.3) is 0 Å². The molecule has 2 rings (SSSR count). The second kappa shape index (κ2) is 8.56. The van der Waals surface area contributed by atoms with Crippen molar-refractivity contribution >= 4 is 17.3 Å². The van der Waals surface area contributed by atoms with Gasteiger partial charge in [-0.15, -0.1) is 0 Å². The van der Waals surface area contributed by atoms with Crippen LogP contribution in [0.15, 0.2) is 12.1 Å². The second-order valence-corrected chi connectivity index (χ2v) is 7.19. The molecule has 0 unspecified atom stereocenters. The van der Waals surface area contributed by atoms with E-state index in [1.165, 1.54) is 36.8 Å². The summed E-state index contributed by atoms with van der Waals surface area (Å²) in [5, 5.41) is 4.38. The Labute approximate surface area is 151 Å². The molecule has 134 valence electrons. The van der Waals surface area contributed by atoms with Crippen LogP contribution in [0.1, 0.15) is 43.7 Å². The Hall–Kier alpha value is -1.49. The van der Waals surface area contributed by atoms with Crippen LogP contribution in [-0.2, 0) is 6.54 Å². The number of hydrogen-bond acceptors (Lipinski definition) is 3. The van der Waals surface area contributed by atoms with E-state index in [1.807, 2.05) is 19.2 Å². The molecule has 2 atom stereocenters. The highest BCUT2D eigenvalue weighted by Gasteiger charge is 2.22. The van der Waals surface area contributed by atoms with Gasteiger partial charge in [0.05, 0.1) is 14.2 Å². The topological polar surface area (TPSA) is 33.7 Å². The maximum absolute atomic E-state index is 5.62. The minimum atomic E-state index is 0.500. The Bertz CT molecular complexity index is 577. The van der Waals surface area contributed by atoms with Crippen molar-refractivity contribution in [3.63, 3.8) is 0 Å². The lowest BCUT2D eigenvalue weighted by Crippen LogP contribution is -2.46. The largest absolute Gasteiger partial charge is 0.493 e. The fourth-order valence-electron chi connectivity index (χ4n) is 3.32. The van der Waals surface area contributed by atoms with Crippen molar-refractivity contribution < 1.29 is 9.47 Å². The number of hydrogen-bond donors (Lipinski definition) is 1. The van der Waals surface area contributed by atoms with E-state index in [9.17, 15) is 0 Å². The highest BCUT2D eigenvalue weighted by Crippen LogP contribution is 2.31. The maximum Gasteiger partial charge on any atom is 0.169 e. The number of nitrogens with zero attached hydrogens (tertiary/aromatic N) is 1. The average molecular weight is 351 g/mol. The molecule has 0 radical (unpaired) electrons. The van der Waals surface area contributed by atoms with Crippen molar-refractivity contribution in [2.24, 2.45) is 5.92 Å². The zero-order valence-corrected chi connectivity index (χ0v) is 16.3. The Morgan fingerprint density at radius 3 is 2.46 bits per heavy atom. The van der Waals surface area contributed by atoms with Gasteiger partial charge in [-0.3, -0.25) is 0 Å². The SMILES string of the molecule is COc1cc(C)c(CN(C)C(=S)N[C@@H]2CCCC[C@@H]2C)cc1OC. The minimum absolute atomic E-state index is 0.500. The van der Waals surface area contributed by atoms with Crippen molar-refractivity contribution in [2.75, 3.05) is 21.3 Å². The zero-order chi connectivity index (χ0) is 17.7. The van der Waals surface area contributed by atoms with Gasteiger partial charge in [-0.25, -0.2) is 0 Å². The summed E-state index contributed by atoms with van der Waals surface area (Å²) in [6, 6.07) is 4.55. The van der Waals surface area contributed by atoms with E-state index in [0.717, 1.165) is 23.2 Å². The van der Waals surface area contributed by atoms with Gasteiger partial charge in [0.1, 0.15) is 0 Å². The van der Waals surface area contributed by atoms with Gasteiger partial charge >= 0.3 is 0 Å². The Kier molecular flexibility index (Phi) is 6.72. The van der Waals surface area contributed by atoms with Gasteiger partial charge in [0, 0.05) is 19.6 Å². The van der Waals surface area contributed by atoms with Gasteiger partial charge < -0.3 is 19.7 Å². The summed E-state index contributed by atoms with van der Waals surface area (Å²) >= 11 is 5.62. The van der Waals surface area contributed by atoms with Gasteiger partial charge in [-0.05, 0) is 61.2 Å². The van der Waals surface area contributed by atoms with Crippen molar-refractivity contribution in [2.45, 2.75) is 52.1 Å². The van der Waals surface area contributed by atoms with E-state index in [-0.39, 0.29) is 0 Å². The lowest BCUT2D eigenvalue weighted by atomic mass is 9.86. The first-order valence-electron chi connectivity index (χ1n) is 8.69. The summed E-state index contributed by atoms with van der Waals surface area (Å²) < 4.78 is 10.8. The number of nitrogens with one attached hydrogen (secondary N) is 1. The third-order valence-electron chi connectivity index (χ3n) is 5.02. The van der Waals surface area contributed by atoms with Crippen LogP contribution in [0.5, 0.6) is 11.5 Å². The quantitative estimate of drug-likeness (QED) is 0.815. The van der Waals surface area contributed by atoms with E-state index < -0.39 is 0 Å². The zero-order valence-electron chi connectivity index (χ0n) is 15.5. The Morgan fingerprint density at radius 1 is 1.21 bits per heavy atom. The molecule has 1 aromatic rings. The predicted molar refractivity (Wildman–Crippen MR) is 103 cm³/mol. The Balaban J connectivity index is 2.03. The molecule has 0 saturated heterocycles. The molecule has 1 N–H and O–H groups in total. The summed E-state index contributed by atoms with van der Waals surface area (Å²) in [5.41, 5.74) is 2.37. The number of rotatable bonds is 5. The molecule has 0 spiro atoms. The molecule has 0 aromatic heterocycles. The molecule has 1 aliphatic carbocycles. The summed E-state index contributed by atoms with van der Waals surface area (Å²) in [6.45, 7) is 5.15. The van der Waals surface area contributed by atoms with Gasteiger partial charge in [0.15, 0.2) is 16.6 Å². The van der Waals surface area contributed by atoms with Crippen LogP contribution >= 0.6 is 12.2 Å². The molecule has 1 fully saturated rings. The van der Waals surface area contributed by atoms with E-state index in [0.29, 0.717) is 12.0 Å². The molecule has 5 heteroatoms. The predicted octanol–water partition coefficient (Wildman–Crippen LogP) is 3.90. The molecule has 1 saturated carbocycles. The molecule has 0 heterocycles. The van der Waals surface area contributed by atoms with Crippen molar-refractivity contribution in [1.29, 1.82) is 0 Å². The number of benzene rings is 1. The molecule has 24 heavy (non-hydrogen) atoms. The molecule has 0 bridgehead atoms. The summed E-state index contributed by atoms with van der Waals surface area (Å²) in [4.78, 5) is 2.10. The van der Waals surface area contributed by atoms with Gasteiger partial charge in [0.25, 0.3) is 0 Å². The third kappa shape index (κ3) is 4.53. The van der Waals surface area contributed by atoms with E-state index in [2.05, 4.69) is 24.1 Å².